The molecule has 2 aliphatic heterocycles. The summed E-state index contributed by atoms with van der Waals surface area (Å²) in [6.45, 7) is 3.16. The summed E-state index contributed by atoms with van der Waals surface area (Å²) in [6.07, 6.45) is 6.48. The van der Waals surface area contributed by atoms with Crippen LogP contribution in [0.25, 0.3) is 10.8 Å². The molecule has 6 heteroatoms. The normalized spacial score (nSPS) is 23.5. The van der Waals surface area contributed by atoms with Gasteiger partial charge in [-0.3, -0.25) is 9.59 Å². The van der Waals surface area contributed by atoms with Gasteiger partial charge in [-0.25, -0.2) is 5.10 Å². The molecule has 0 radical (unpaired) electrons. The van der Waals surface area contributed by atoms with Crippen LogP contribution in [0.1, 0.15) is 37.8 Å². The molecule has 2 aromatic rings. The van der Waals surface area contributed by atoms with Crippen molar-refractivity contribution >= 4 is 16.7 Å². The van der Waals surface area contributed by atoms with Gasteiger partial charge < -0.3 is 10.2 Å². The van der Waals surface area contributed by atoms with Crippen molar-refractivity contribution in [1.29, 1.82) is 0 Å². The third-order valence-corrected chi connectivity index (χ3v) is 5.89. The summed E-state index contributed by atoms with van der Waals surface area (Å²) in [7, 11) is 0. The van der Waals surface area contributed by atoms with Crippen molar-refractivity contribution in [3.63, 3.8) is 0 Å². The van der Waals surface area contributed by atoms with Crippen molar-refractivity contribution in [3.05, 3.63) is 40.3 Å². The largest absolute Gasteiger partial charge is 0.355 e. The Morgan fingerprint density at radius 2 is 1.96 bits per heavy atom. The van der Waals surface area contributed by atoms with E-state index in [0.717, 1.165) is 11.9 Å². The smallest absolute Gasteiger partial charge is 0.272 e. The standard InChI is InChI=1S/C20H26N4O2/c25-19(12-17-15-7-1-2-8-16(15)20(26)23-22-17)21-13-14-6-5-11-24-10-4-3-9-18(14)24/h1-2,7-8,14,18H,3-6,9-13H2,(H,21,25)(H,23,26)/t14-,18-/m1/s1. The van der Waals surface area contributed by atoms with E-state index in [1.165, 1.54) is 45.2 Å². The second kappa shape index (κ2) is 7.58. The Morgan fingerprint density at radius 1 is 1.15 bits per heavy atom. The predicted molar refractivity (Wildman–Crippen MR) is 101 cm³/mol. The number of nitrogens with one attached hydrogen (secondary N) is 2. The number of amides is 1. The van der Waals surface area contributed by atoms with Gasteiger partial charge in [0.25, 0.3) is 5.56 Å². The van der Waals surface area contributed by atoms with E-state index in [1.54, 1.807) is 6.07 Å². The van der Waals surface area contributed by atoms with Crippen molar-refractivity contribution in [3.8, 4) is 0 Å². The fourth-order valence-electron chi connectivity index (χ4n) is 4.58. The molecule has 2 saturated heterocycles. The molecule has 0 aliphatic carbocycles. The molecule has 4 rings (SSSR count). The Kier molecular flexibility index (Phi) is 5.02. The molecule has 0 bridgehead atoms. The molecule has 1 aromatic carbocycles. The maximum atomic E-state index is 12.5. The number of aromatic amines is 1. The summed E-state index contributed by atoms with van der Waals surface area (Å²) in [5, 5.41) is 11.0. The van der Waals surface area contributed by atoms with Gasteiger partial charge in [0.1, 0.15) is 0 Å². The van der Waals surface area contributed by atoms with Gasteiger partial charge in [-0.1, -0.05) is 24.6 Å². The van der Waals surface area contributed by atoms with Crippen LogP contribution in [0.3, 0.4) is 0 Å². The lowest BCUT2D eigenvalue weighted by Crippen LogP contribution is -2.51. The summed E-state index contributed by atoms with van der Waals surface area (Å²) >= 11 is 0. The number of hydrogen-bond acceptors (Lipinski definition) is 4. The number of hydrogen-bond donors (Lipinski definition) is 2. The maximum absolute atomic E-state index is 12.5. The van der Waals surface area contributed by atoms with Crippen LogP contribution in [-0.2, 0) is 11.2 Å². The van der Waals surface area contributed by atoms with Crippen molar-refractivity contribution in [1.82, 2.24) is 20.4 Å². The highest BCUT2D eigenvalue weighted by molar-refractivity contribution is 5.88. The van der Waals surface area contributed by atoms with Crippen LogP contribution < -0.4 is 10.9 Å². The van der Waals surface area contributed by atoms with Crippen LogP contribution in [0.15, 0.2) is 29.1 Å². The Morgan fingerprint density at radius 3 is 2.85 bits per heavy atom. The molecule has 138 valence electrons. The number of carbonyl (C=O) groups excluding carboxylic acids is 1. The third kappa shape index (κ3) is 3.51. The first-order chi connectivity index (χ1) is 12.7. The number of carbonyl (C=O) groups is 1. The fourth-order valence-corrected chi connectivity index (χ4v) is 4.58. The Bertz CT molecular complexity index is 845. The van der Waals surface area contributed by atoms with Gasteiger partial charge in [-0.05, 0) is 50.8 Å². The molecule has 26 heavy (non-hydrogen) atoms. The summed E-state index contributed by atoms with van der Waals surface area (Å²) in [6, 6.07) is 7.92. The highest BCUT2D eigenvalue weighted by atomic mass is 16.1. The molecule has 2 aliphatic rings. The SMILES string of the molecule is O=C(Cc1n[nH]c(=O)c2ccccc12)NC[C@H]1CCCN2CCCC[C@H]12. The lowest BCUT2D eigenvalue weighted by Gasteiger charge is -2.44. The lowest BCUT2D eigenvalue weighted by atomic mass is 9.83. The minimum atomic E-state index is -0.218. The van der Waals surface area contributed by atoms with Crippen LogP contribution >= 0.6 is 0 Å². The zero-order chi connectivity index (χ0) is 17.9. The van der Waals surface area contributed by atoms with Gasteiger partial charge in [0.2, 0.25) is 5.91 Å². The molecule has 1 amide bonds. The molecular weight excluding hydrogens is 328 g/mol. The van der Waals surface area contributed by atoms with E-state index >= 15 is 0 Å². The zero-order valence-electron chi connectivity index (χ0n) is 15.0. The second-order valence-electron chi connectivity index (χ2n) is 7.53. The van der Waals surface area contributed by atoms with Crippen molar-refractivity contribution < 1.29 is 4.79 Å². The van der Waals surface area contributed by atoms with Crippen molar-refractivity contribution in [2.75, 3.05) is 19.6 Å². The molecule has 2 fully saturated rings. The average Bonchev–Trinajstić information content (AvgIpc) is 2.69. The number of fused-ring (bicyclic) bond motifs is 2. The maximum Gasteiger partial charge on any atom is 0.272 e. The minimum Gasteiger partial charge on any atom is -0.355 e. The molecule has 3 heterocycles. The minimum absolute atomic E-state index is 0.0253. The molecule has 0 unspecified atom stereocenters. The van der Waals surface area contributed by atoms with Crippen molar-refractivity contribution in [2.24, 2.45) is 5.92 Å². The van der Waals surface area contributed by atoms with Gasteiger partial charge in [0.15, 0.2) is 0 Å². The topological polar surface area (TPSA) is 78.1 Å². The van der Waals surface area contributed by atoms with E-state index in [0.29, 0.717) is 23.0 Å². The molecule has 0 saturated carbocycles. The summed E-state index contributed by atoms with van der Waals surface area (Å²) in [4.78, 5) is 27.0. The second-order valence-corrected chi connectivity index (χ2v) is 7.53. The van der Waals surface area contributed by atoms with E-state index in [1.807, 2.05) is 18.2 Å². The van der Waals surface area contributed by atoms with Crippen LogP contribution in [0.4, 0.5) is 0 Å². The van der Waals surface area contributed by atoms with E-state index in [2.05, 4.69) is 20.4 Å². The zero-order valence-corrected chi connectivity index (χ0v) is 15.0. The van der Waals surface area contributed by atoms with Crippen LogP contribution in [0.2, 0.25) is 0 Å². The molecule has 2 atom stereocenters. The highest BCUT2D eigenvalue weighted by Gasteiger charge is 2.32. The predicted octanol–water partition coefficient (Wildman–Crippen LogP) is 1.85. The number of piperidine rings is 2. The molecular formula is C20H26N4O2. The Labute approximate surface area is 153 Å². The highest BCUT2D eigenvalue weighted by Crippen LogP contribution is 2.30. The molecule has 1 aromatic heterocycles. The van der Waals surface area contributed by atoms with Crippen LogP contribution in [-0.4, -0.2) is 46.7 Å². The monoisotopic (exact) mass is 354 g/mol. The van der Waals surface area contributed by atoms with E-state index in [4.69, 9.17) is 0 Å². The first kappa shape index (κ1) is 17.2. The number of H-pyrrole nitrogens is 1. The lowest BCUT2D eigenvalue weighted by molar-refractivity contribution is -0.120. The van der Waals surface area contributed by atoms with Gasteiger partial charge in [0, 0.05) is 18.0 Å². The van der Waals surface area contributed by atoms with Gasteiger partial charge >= 0.3 is 0 Å². The first-order valence-electron chi connectivity index (χ1n) is 9.69. The third-order valence-electron chi connectivity index (χ3n) is 5.89. The number of rotatable bonds is 4. The fraction of sp³-hybridized carbons (Fsp3) is 0.550. The van der Waals surface area contributed by atoms with Gasteiger partial charge in [0.05, 0.1) is 17.5 Å². The molecule has 2 N–H and O–H groups in total. The average molecular weight is 354 g/mol. The van der Waals surface area contributed by atoms with E-state index in [9.17, 15) is 9.59 Å². The van der Waals surface area contributed by atoms with Crippen LogP contribution in [0.5, 0.6) is 0 Å². The number of benzene rings is 1. The Balaban J connectivity index is 1.40. The molecule has 6 nitrogen and oxygen atoms in total. The number of aromatic nitrogens is 2. The number of nitrogens with zero attached hydrogens (tertiary/aromatic N) is 2. The van der Waals surface area contributed by atoms with Gasteiger partial charge in [-0.15, -0.1) is 0 Å². The first-order valence-corrected chi connectivity index (χ1v) is 9.69. The quantitative estimate of drug-likeness (QED) is 0.878. The summed E-state index contributed by atoms with van der Waals surface area (Å²) < 4.78 is 0. The van der Waals surface area contributed by atoms with Gasteiger partial charge in [-0.2, -0.15) is 5.10 Å². The van der Waals surface area contributed by atoms with E-state index < -0.39 is 0 Å². The summed E-state index contributed by atoms with van der Waals surface area (Å²) in [5.41, 5.74) is 0.407. The molecule has 0 spiro atoms. The summed E-state index contributed by atoms with van der Waals surface area (Å²) in [5.74, 6) is 0.524. The van der Waals surface area contributed by atoms with Crippen molar-refractivity contribution in [2.45, 2.75) is 44.6 Å². The van der Waals surface area contributed by atoms with Crippen LogP contribution in [0, 0.1) is 5.92 Å². The Hall–Kier alpha value is -2.21. The van der Waals surface area contributed by atoms with E-state index in [-0.39, 0.29) is 17.9 Å².